The Kier molecular flexibility index (Phi) is 5.66. The maximum absolute atomic E-state index is 6.26. The van der Waals surface area contributed by atoms with E-state index < -0.39 is 0 Å². The first kappa shape index (κ1) is 15.9. The molecular weight excluding hydrogens is 282 g/mol. The summed E-state index contributed by atoms with van der Waals surface area (Å²) in [4.78, 5) is 0. The third kappa shape index (κ3) is 4.23. The molecule has 0 aliphatic carbocycles. The molecule has 0 aromatic heterocycles. The molecule has 2 unspecified atom stereocenters. The van der Waals surface area contributed by atoms with Crippen molar-refractivity contribution in [2.45, 2.75) is 32.9 Å². The van der Waals surface area contributed by atoms with Crippen LogP contribution >= 0.6 is 11.6 Å². The summed E-state index contributed by atoms with van der Waals surface area (Å²) in [6.07, 6.45) is 0. The lowest BCUT2D eigenvalue weighted by molar-refractivity contribution is 0.339. The van der Waals surface area contributed by atoms with E-state index in [1.165, 1.54) is 5.56 Å². The molecule has 0 aliphatic rings. The van der Waals surface area contributed by atoms with Gasteiger partial charge in [0.25, 0.3) is 0 Å². The fourth-order valence-corrected chi connectivity index (χ4v) is 2.73. The monoisotopic (exact) mass is 303 g/mol. The summed E-state index contributed by atoms with van der Waals surface area (Å²) >= 11 is 6.26. The van der Waals surface area contributed by atoms with E-state index in [9.17, 15) is 0 Å². The Morgan fingerprint density at radius 1 is 1.05 bits per heavy atom. The highest BCUT2D eigenvalue weighted by molar-refractivity contribution is 6.31. The molecule has 112 valence electrons. The molecule has 0 heterocycles. The van der Waals surface area contributed by atoms with Crippen molar-refractivity contribution < 1.29 is 4.74 Å². The van der Waals surface area contributed by atoms with Crippen molar-refractivity contribution in [1.29, 1.82) is 0 Å². The van der Waals surface area contributed by atoms with Crippen molar-refractivity contribution in [3.63, 3.8) is 0 Å². The van der Waals surface area contributed by atoms with E-state index in [1.807, 2.05) is 37.3 Å². The third-order valence-corrected chi connectivity index (χ3v) is 3.89. The highest BCUT2D eigenvalue weighted by atomic mass is 35.5. The average molecular weight is 304 g/mol. The summed E-state index contributed by atoms with van der Waals surface area (Å²) in [5, 5.41) is 4.38. The number of rotatable bonds is 6. The third-order valence-electron chi connectivity index (χ3n) is 3.54. The van der Waals surface area contributed by atoms with Gasteiger partial charge in [0, 0.05) is 17.1 Å². The number of halogens is 1. The first-order valence-electron chi connectivity index (χ1n) is 7.35. The van der Waals surface area contributed by atoms with Crippen molar-refractivity contribution in [1.82, 2.24) is 5.32 Å². The van der Waals surface area contributed by atoms with E-state index >= 15 is 0 Å². The van der Waals surface area contributed by atoms with Gasteiger partial charge >= 0.3 is 0 Å². The maximum atomic E-state index is 6.26. The molecule has 0 radical (unpaired) electrons. The predicted octanol–water partition coefficient (Wildman–Crippen LogP) is 5.15. The van der Waals surface area contributed by atoms with Crippen molar-refractivity contribution >= 4 is 11.6 Å². The second-order valence-corrected chi connectivity index (χ2v) is 5.54. The quantitative estimate of drug-likeness (QED) is 0.796. The average Bonchev–Trinajstić information content (AvgIpc) is 2.48. The molecule has 0 spiro atoms. The fourth-order valence-electron chi connectivity index (χ4n) is 2.43. The topological polar surface area (TPSA) is 21.3 Å². The molecule has 0 amide bonds. The van der Waals surface area contributed by atoms with Gasteiger partial charge in [-0.15, -0.1) is 0 Å². The highest BCUT2D eigenvalue weighted by Crippen LogP contribution is 2.26. The van der Waals surface area contributed by atoms with Crippen LogP contribution in [0, 0.1) is 0 Å². The van der Waals surface area contributed by atoms with Crippen LogP contribution in [0.2, 0.25) is 5.02 Å². The van der Waals surface area contributed by atoms with Crippen LogP contribution in [0.15, 0.2) is 48.5 Å². The van der Waals surface area contributed by atoms with Gasteiger partial charge in [-0.2, -0.15) is 0 Å². The molecule has 21 heavy (non-hydrogen) atoms. The lowest BCUT2D eigenvalue weighted by Gasteiger charge is -2.22. The number of nitrogens with one attached hydrogen (secondary N) is 1. The van der Waals surface area contributed by atoms with E-state index in [-0.39, 0.29) is 12.1 Å². The van der Waals surface area contributed by atoms with Gasteiger partial charge in [0.05, 0.1) is 6.61 Å². The second kappa shape index (κ2) is 7.48. The summed E-state index contributed by atoms with van der Waals surface area (Å²) in [6.45, 7) is 6.96. The molecule has 1 N–H and O–H groups in total. The van der Waals surface area contributed by atoms with Crippen LogP contribution in [0.5, 0.6) is 5.75 Å². The molecule has 0 bridgehead atoms. The predicted molar refractivity (Wildman–Crippen MR) is 89.0 cm³/mol. The summed E-state index contributed by atoms with van der Waals surface area (Å²) < 4.78 is 5.56. The van der Waals surface area contributed by atoms with E-state index in [1.54, 1.807) is 0 Å². The Balaban J connectivity index is 2.09. The highest BCUT2D eigenvalue weighted by Gasteiger charge is 2.13. The Bertz CT molecular complexity index is 585. The van der Waals surface area contributed by atoms with Gasteiger partial charge < -0.3 is 10.1 Å². The van der Waals surface area contributed by atoms with Gasteiger partial charge in [-0.25, -0.2) is 0 Å². The smallest absolute Gasteiger partial charge is 0.119 e. The molecule has 3 heteroatoms. The van der Waals surface area contributed by atoms with Gasteiger partial charge in [0.1, 0.15) is 5.75 Å². The molecule has 2 atom stereocenters. The molecule has 0 saturated carbocycles. The van der Waals surface area contributed by atoms with Crippen molar-refractivity contribution in [3.05, 3.63) is 64.7 Å². The van der Waals surface area contributed by atoms with Crippen LogP contribution in [-0.2, 0) is 0 Å². The largest absolute Gasteiger partial charge is 0.494 e. The van der Waals surface area contributed by atoms with Crippen LogP contribution in [0.25, 0.3) is 0 Å². The SMILES string of the molecule is CCOc1cccc(C(C)NC(C)c2ccccc2Cl)c1. The Morgan fingerprint density at radius 2 is 1.81 bits per heavy atom. The van der Waals surface area contributed by atoms with Crippen LogP contribution in [-0.4, -0.2) is 6.61 Å². The van der Waals surface area contributed by atoms with Gasteiger partial charge in [-0.1, -0.05) is 41.9 Å². The molecule has 0 fully saturated rings. The van der Waals surface area contributed by atoms with Gasteiger partial charge in [0.15, 0.2) is 0 Å². The molecule has 2 nitrogen and oxygen atoms in total. The lowest BCUT2D eigenvalue weighted by atomic mass is 10.0. The number of hydrogen-bond donors (Lipinski definition) is 1. The first-order chi connectivity index (χ1) is 10.1. The Morgan fingerprint density at radius 3 is 2.52 bits per heavy atom. The van der Waals surface area contributed by atoms with E-state index in [4.69, 9.17) is 16.3 Å². The van der Waals surface area contributed by atoms with Gasteiger partial charge in [-0.05, 0) is 50.1 Å². The minimum Gasteiger partial charge on any atom is -0.494 e. The summed E-state index contributed by atoms with van der Waals surface area (Å²) in [5.41, 5.74) is 2.33. The first-order valence-corrected chi connectivity index (χ1v) is 7.72. The van der Waals surface area contributed by atoms with Crippen LogP contribution < -0.4 is 10.1 Å². The van der Waals surface area contributed by atoms with Crippen LogP contribution in [0.1, 0.15) is 44.0 Å². The minimum atomic E-state index is 0.185. The zero-order chi connectivity index (χ0) is 15.2. The fraction of sp³-hybridized carbons (Fsp3) is 0.333. The molecular formula is C18H22ClNO. The van der Waals surface area contributed by atoms with Gasteiger partial charge in [-0.3, -0.25) is 0 Å². The Labute approximate surface area is 132 Å². The Hall–Kier alpha value is -1.51. The van der Waals surface area contributed by atoms with Crippen molar-refractivity contribution in [2.75, 3.05) is 6.61 Å². The summed E-state index contributed by atoms with van der Waals surface area (Å²) in [6, 6.07) is 16.6. The van der Waals surface area contributed by atoms with Crippen molar-refractivity contribution in [2.24, 2.45) is 0 Å². The number of hydrogen-bond acceptors (Lipinski definition) is 2. The van der Waals surface area contributed by atoms with Crippen LogP contribution in [0.4, 0.5) is 0 Å². The molecule has 0 aliphatic heterocycles. The summed E-state index contributed by atoms with van der Waals surface area (Å²) in [7, 11) is 0. The maximum Gasteiger partial charge on any atom is 0.119 e. The lowest BCUT2D eigenvalue weighted by Crippen LogP contribution is -2.22. The second-order valence-electron chi connectivity index (χ2n) is 5.14. The molecule has 0 saturated heterocycles. The molecule has 2 aromatic carbocycles. The standard InChI is InChI=1S/C18H22ClNO/c1-4-21-16-9-7-8-15(12-16)13(2)20-14(3)17-10-5-6-11-18(17)19/h5-14,20H,4H2,1-3H3. The van der Waals surface area contributed by atoms with Crippen molar-refractivity contribution in [3.8, 4) is 5.75 Å². The molecule has 2 aromatic rings. The zero-order valence-corrected chi connectivity index (χ0v) is 13.5. The zero-order valence-electron chi connectivity index (χ0n) is 12.8. The van der Waals surface area contributed by atoms with E-state index in [0.29, 0.717) is 6.61 Å². The number of benzene rings is 2. The van der Waals surface area contributed by atoms with Crippen LogP contribution in [0.3, 0.4) is 0 Å². The minimum absolute atomic E-state index is 0.185. The molecule has 2 rings (SSSR count). The number of ether oxygens (including phenoxy) is 1. The summed E-state index contributed by atoms with van der Waals surface area (Å²) in [5.74, 6) is 0.911. The normalized spacial score (nSPS) is 13.7. The van der Waals surface area contributed by atoms with E-state index in [2.05, 4.69) is 37.4 Å². The van der Waals surface area contributed by atoms with Gasteiger partial charge in [0.2, 0.25) is 0 Å². The van der Waals surface area contributed by atoms with E-state index in [0.717, 1.165) is 16.3 Å².